The molecule has 1 aliphatic heterocycles. The molecule has 0 unspecified atom stereocenters. The number of rotatable bonds is 4. The summed E-state index contributed by atoms with van der Waals surface area (Å²) in [7, 11) is 0. The molecule has 0 saturated carbocycles. The second kappa shape index (κ2) is 7.59. The van der Waals surface area contributed by atoms with Crippen molar-refractivity contribution in [2.75, 3.05) is 32.8 Å². The van der Waals surface area contributed by atoms with E-state index in [0.717, 1.165) is 26.2 Å². The molecule has 2 rings (SSSR count). The summed E-state index contributed by atoms with van der Waals surface area (Å²) in [5, 5.41) is 23.4. The Kier molecular flexibility index (Phi) is 6.62. The number of aryl methyl sites for hydroxylation is 1. The van der Waals surface area contributed by atoms with E-state index in [9.17, 15) is 14.6 Å². The zero-order chi connectivity index (χ0) is 15.6. The number of aliphatic hydroxyl groups excluding tert-OH is 1. The molecule has 6 heteroatoms. The van der Waals surface area contributed by atoms with E-state index in [4.69, 9.17) is 0 Å². The number of aliphatic hydroxyl groups is 1. The van der Waals surface area contributed by atoms with Gasteiger partial charge in [0.2, 0.25) is 0 Å². The van der Waals surface area contributed by atoms with Crippen LogP contribution < -0.4 is 5.32 Å². The summed E-state index contributed by atoms with van der Waals surface area (Å²) < 4.78 is 13.8. The van der Waals surface area contributed by atoms with Crippen LogP contribution in [0.2, 0.25) is 0 Å². The molecule has 1 heterocycles. The summed E-state index contributed by atoms with van der Waals surface area (Å²) in [5.41, 5.74) is 0.613. The van der Waals surface area contributed by atoms with E-state index in [0.29, 0.717) is 11.1 Å². The predicted octanol–water partition coefficient (Wildman–Crippen LogP) is 2.23. The summed E-state index contributed by atoms with van der Waals surface area (Å²) in [6.45, 7) is 8.88. The Morgan fingerprint density at radius 3 is 2.45 bits per heavy atom. The maximum Gasteiger partial charge on any atom is 0.124 e. The topological polar surface area (TPSA) is 55.7 Å². The van der Waals surface area contributed by atoms with Crippen molar-refractivity contribution in [2.45, 2.75) is 26.8 Å². The van der Waals surface area contributed by atoms with Gasteiger partial charge in [-0.15, -0.1) is 12.4 Å². The average molecular weight is 333 g/mol. The number of nitrogens with zero attached hydrogens (tertiary/aromatic N) is 1. The van der Waals surface area contributed by atoms with E-state index in [1.165, 1.54) is 12.1 Å². The van der Waals surface area contributed by atoms with Gasteiger partial charge in [-0.2, -0.15) is 0 Å². The lowest BCUT2D eigenvalue weighted by Crippen LogP contribution is -2.49. The predicted molar refractivity (Wildman–Crippen MR) is 88.1 cm³/mol. The maximum absolute atomic E-state index is 13.8. The Labute approximate surface area is 137 Å². The van der Waals surface area contributed by atoms with Crippen molar-refractivity contribution in [1.29, 1.82) is 0 Å². The number of nitrogens with one attached hydrogen (secondary N) is 1. The van der Waals surface area contributed by atoms with Gasteiger partial charge in [0, 0.05) is 49.8 Å². The van der Waals surface area contributed by atoms with Crippen LogP contribution in [0.3, 0.4) is 0 Å². The number of halogens is 2. The van der Waals surface area contributed by atoms with E-state index in [1.54, 1.807) is 6.92 Å². The number of piperazine rings is 1. The van der Waals surface area contributed by atoms with Crippen LogP contribution in [0.25, 0.3) is 0 Å². The molecular weight excluding hydrogens is 307 g/mol. The van der Waals surface area contributed by atoms with Crippen molar-refractivity contribution in [3.63, 3.8) is 0 Å². The van der Waals surface area contributed by atoms with Crippen LogP contribution in [0.1, 0.15) is 31.0 Å². The van der Waals surface area contributed by atoms with Crippen LogP contribution in [0, 0.1) is 18.2 Å². The summed E-state index contributed by atoms with van der Waals surface area (Å²) >= 11 is 0. The molecule has 0 spiro atoms. The van der Waals surface area contributed by atoms with Crippen LogP contribution in [0.4, 0.5) is 4.39 Å². The highest BCUT2D eigenvalue weighted by Gasteiger charge is 2.37. The van der Waals surface area contributed by atoms with Gasteiger partial charge in [0.05, 0.1) is 0 Å². The highest BCUT2D eigenvalue weighted by molar-refractivity contribution is 5.85. The molecule has 4 nitrogen and oxygen atoms in total. The largest absolute Gasteiger partial charge is 0.507 e. The second-order valence-electron chi connectivity index (χ2n) is 6.50. The van der Waals surface area contributed by atoms with Crippen LogP contribution >= 0.6 is 12.4 Å². The van der Waals surface area contributed by atoms with Gasteiger partial charge < -0.3 is 15.5 Å². The van der Waals surface area contributed by atoms with Crippen molar-refractivity contribution < 1.29 is 14.6 Å². The van der Waals surface area contributed by atoms with Crippen LogP contribution in [-0.2, 0) is 0 Å². The third-order valence-electron chi connectivity index (χ3n) is 4.25. The van der Waals surface area contributed by atoms with Gasteiger partial charge in [-0.05, 0) is 24.6 Å². The first-order valence-electron chi connectivity index (χ1n) is 7.41. The zero-order valence-corrected chi connectivity index (χ0v) is 14.2. The summed E-state index contributed by atoms with van der Waals surface area (Å²) in [6.07, 6.45) is 0. The highest BCUT2D eigenvalue weighted by Crippen LogP contribution is 2.43. The van der Waals surface area contributed by atoms with Crippen LogP contribution in [0.15, 0.2) is 12.1 Å². The van der Waals surface area contributed by atoms with Gasteiger partial charge in [0.15, 0.2) is 0 Å². The lowest BCUT2D eigenvalue weighted by Gasteiger charge is -2.43. The van der Waals surface area contributed by atoms with E-state index in [-0.39, 0.29) is 36.6 Å². The lowest BCUT2D eigenvalue weighted by molar-refractivity contribution is 0.0291. The van der Waals surface area contributed by atoms with Crippen molar-refractivity contribution >= 4 is 12.4 Å². The fourth-order valence-electron chi connectivity index (χ4n) is 3.11. The van der Waals surface area contributed by atoms with E-state index in [1.807, 2.05) is 13.8 Å². The zero-order valence-electron chi connectivity index (χ0n) is 13.4. The third-order valence-corrected chi connectivity index (χ3v) is 4.25. The highest BCUT2D eigenvalue weighted by atomic mass is 35.5. The minimum Gasteiger partial charge on any atom is -0.507 e. The fraction of sp³-hybridized carbons (Fsp3) is 0.625. The molecule has 1 atom stereocenters. The SMILES string of the molecule is Cc1cc(F)cc([C@H](N2CCNCC2)C(C)(C)CO)c1O.Cl. The summed E-state index contributed by atoms with van der Waals surface area (Å²) in [6, 6.07) is 2.51. The van der Waals surface area contributed by atoms with Gasteiger partial charge in [-0.25, -0.2) is 4.39 Å². The van der Waals surface area contributed by atoms with E-state index < -0.39 is 5.41 Å². The molecule has 1 saturated heterocycles. The first-order valence-corrected chi connectivity index (χ1v) is 7.41. The minimum absolute atomic E-state index is 0. The Morgan fingerprint density at radius 2 is 1.91 bits per heavy atom. The fourth-order valence-corrected chi connectivity index (χ4v) is 3.11. The van der Waals surface area contributed by atoms with Gasteiger partial charge in [-0.3, -0.25) is 4.90 Å². The molecule has 0 amide bonds. The normalized spacial score (nSPS) is 17.9. The molecule has 126 valence electrons. The molecule has 0 aromatic heterocycles. The van der Waals surface area contributed by atoms with Gasteiger partial charge in [0.1, 0.15) is 11.6 Å². The van der Waals surface area contributed by atoms with Crippen LogP contribution in [0.5, 0.6) is 5.75 Å². The first-order chi connectivity index (χ1) is 9.86. The molecule has 3 N–H and O–H groups in total. The van der Waals surface area contributed by atoms with Gasteiger partial charge in [-0.1, -0.05) is 13.8 Å². The standard InChI is InChI=1S/C16H25FN2O2.ClH/c1-11-8-12(17)9-13(14(11)21)15(16(2,3)10-20)19-6-4-18-5-7-19;/h8-9,15,18,20-21H,4-7,10H2,1-3H3;1H/t15-;/m0./s1. The van der Waals surface area contributed by atoms with E-state index in [2.05, 4.69) is 10.2 Å². The Balaban J connectivity index is 0.00000242. The second-order valence-corrected chi connectivity index (χ2v) is 6.50. The molecule has 0 bridgehead atoms. The lowest BCUT2D eigenvalue weighted by atomic mass is 9.79. The Hall–Kier alpha value is -0.880. The molecule has 1 aromatic rings. The van der Waals surface area contributed by atoms with Crippen molar-refractivity contribution in [2.24, 2.45) is 5.41 Å². The Morgan fingerprint density at radius 1 is 1.32 bits per heavy atom. The molecule has 1 aliphatic rings. The summed E-state index contributed by atoms with van der Waals surface area (Å²) in [5.74, 6) is -0.226. The summed E-state index contributed by atoms with van der Waals surface area (Å²) in [4.78, 5) is 2.21. The molecule has 22 heavy (non-hydrogen) atoms. The first kappa shape index (κ1) is 19.2. The Bertz CT molecular complexity index is 505. The number of hydrogen-bond donors (Lipinski definition) is 3. The maximum atomic E-state index is 13.8. The number of benzene rings is 1. The van der Waals surface area contributed by atoms with Crippen molar-refractivity contribution in [1.82, 2.24) is 10.2 Å². The minimum atomic E-state index is -0.477. The quantitative estimate of drug-likeness (QED) is 0.791. The third kappa shape index (κ3) is 3.90. The van der Waals surface area contributed by atoms with Crippen molar-refractivity contribution in [3.8, 4) is 5.75 Å². The number of aromatic hydroxyl groups is 1. The van der Waals surface area contributed by atoms with Gasteiger partial charge in [0.25, 0.3) is 0 Å². The molecule has 0 aliphatic carbocycles. The van der Waals surface area contributed by atoms with Crippen LogP contribution in [-0.4, -0.2) is 47.9 Å². The molecular formula is C16H26ClFN2O2. The number of phenolic OH excluding ortho intramolecular Hbond substituents is 1. The molecule has 0 radical (unpaired) electrons. The van der Waals surface area contributed by atoms with Gasteiger partial charge >= 0.3 is 0 Å². The number of hydrogen-bond acceptors (Lipinski definition) is 4. The average Bonchev–Trinajstić information content (AvgIpc) is 2.45. The molecule has 1 fully saturated rings. The number of phenols is 1. The van der Waals surface area contributed by atoms with E-state index >= 15 is 0 Å². The smallest absolute Gasteiger partial charge is 0.124 e. The monoisotopic (exact) mass is 332 g/mol. The molecule has 1 aromatic carbocycles. The van der Waals surface area contributed by atoms with Crippen molar-refractivity contribution in [3.05, 3.63) is 29.1 Å².